The van der Waals surface area contributed by atoms with Crippen LogP contribution in [-0.2, 0) is 20.1 Å². The van der Waals surface area contributed by atoms with E-state index in [2.05, 4.69) is 10.1 Å². The van der Waals surface area contributed by atoms with Crippen LogP contribution in [0.1, 0.15) is 19.4 Å². The number of amides is 1. The van der Waals surface area contributed by atoms with Crippen molar-refractivity contribution in [3.63, 3.8) is 0 Å². The molecule has 1 rings (SSSR count). The Kier molecular flexibility index (Phi) is 7.22. The summed E-state index contributed by atoms with van der Waals surface area (Å²) in [6.45, 7) is 3.68. The summed E-state index contributed by atoms with van der Waals surface area (Å²) in [6.07, 6.45) is 0. The highest BCUT2D eigenvalue weighted by Gasteiger charge is 2.24. The third-order valence-electron chi connectivity index (χ3n) is 2.85. The first-order chi connectivity index (χ1) is 9.93. The number of thioether (sulfide) groups is 1. The average molecular weight is 313 g/mol. The Hall–Kier alpha value is -1.56. The summed E-state index contributed by atoms with van der Waals surface area (Å²) in [4.78, 5) is 23.4. The molecule has 0 aromatic heterocycles. The molecule has 1 atom stereocenters. The molecule has 0 fully saturated rings. The van der Waals surface area contributed by atoms with Gasteiger partial charge in [-0.2, -0.15) is 0 Å². The Labute approximate surface area is 128 Å². The van der Waals surface area contributed by atoms with Gasteiger partial charge < -0.3 is 10.1 Å². The molecule has 116 valence electrons. The SMILES string of the molecule is COC(=O)C(NC(=O)CSCc1ccc(F)cc1)C(C)C. The number of esters is 1. The molecular formula is C15H20FNO3S. The second-order valence-corrected chi connectivity index (χ2v) is 5.92. The Bertz CT molecular complexity index is 476. The van der Waals surface area contributed by atoms with E-state index in [0.717, 1.165) is 5.56 Å². The Balaban J connectivity index is 2.39. The quantitative estimate of drug-likeness (QED) is 0.785. The number of hydrogen-bond acceptors (Lipinski definition) is 4. The summed E-state index contributed by atoms with van der Waals surface area (Å²) in [7, 11) is 1.30. The van der Waals surface area contributed by atoms with Gasteiger partial charge in [-0.25, -0.2) is 9.18 Å². The first-order valence-electron chi connectivity index (χ1n) is 6.63. The van der Waals surface area contributed by atoms with E-state index < -0.39 is 12.0 Å². The number of carbonyl (C=O) groups is 2. The molecule has 0 spiro atoms. The summed E-state index contributed by atoms with van der Waals surface area (Å²) in [6, 6.07) is 5.52. The number of ether oxygens (including phenoxy) is 1. The molecule has 1 unspecified atom stereocenters. The third kappa shape index (κ3) is 6.16. The zero-order valence-electron chi connectivity index (χ0n) is 12.4. The molecule has 0 bridgehead atoms. The summed E-state index contributed by atoms with van der Waals surface area (Å²) < 4.78 is 17.4. The first-order valence-corrected chi connectivity index (χ1v) is 7.79. The zero-order valence-corrected chi connectivity index (χ0v) is 13.2. The minimum atomic E-state index is -0.631. The summed E-state index contributed by atoms with van der Waals surface area (Å²) in [5.41, 5.74) is 0.947. The molecule has 1 aromatic rings. The molecule has 1 aromatic carbocycles. The third-order valence-corrected chi connectivity index (χ3v) is 3.86. The van der Waals surface area contributed by atoms with Crippen LogP contribution in [-0.4, -0.2) is 30.8 Å². The molecule has 4 nitrogen and oxygen atoms in total. The fourth-order valence-corrected chi connectivity index (χ4v) is 2.48. The van der Waals surface area contributed by atoms with Gasteiger partial charge in [0.15, 0.2) is 0 Å². The van der Waals surface area contributed by atoms with E-state index in [1.165, 1.54) is 31.0 Å². The van der Waals surface area contributed by atoms with Gasteiger partial charge in [0, 0.05) is 5.75 Å². The van der Waals surface area contributed by atoms with Crippen LogP contribution in [0, 0.1) is 11.7 Å². The van der Waals surface area contributed by atoms with Crippen molar-refractivity contribution in [3.8, 4) is 0 Å². The monoisotopic (exact) mass is 313 g/mol. The Morgan fingerprint density at radius 3 is 2.43 bits per heavy atom. The van der Waals surface area contributed by atoms with Crippen LogP contribution in [0.4, 0.5) is 4.39 Å². The average Bonchev–Trinajstić information content (AvgIpc) is 2.45. The molecule has 0 aliphatic rings. The lowest BCUT2D eigenvalue weighted by molar-refractivity contribution is -0.146. The van der Waals surface area contributed by atoms with Crippen molar-refractivity contribution in [3.05, 3.63) is 35.6 Å². The van der Waals surface area contributed by atoms with Crippen LogP contribution < -0.4 is 5.32 Å². The summed E-state index contributed by atoms with van der Waals surface area (Å²) in [5, 5.41) is 2.67. The van der Waals surface area contributed by atoms with Gasteiger partial charge in [-0.05, 0) is 23.6 Å². The molecule has 0 aliphatic carbocycles. The van der Waals surface area contributed by atoms with Crippen molar-refractivity contribution in [2.45, 2.75) is 25.6 Å². The van der Waals surface area contributed by atoms with Crippen LogP contribution in [0.3, 0.4) is 0 Å². The molecule has 1 amide bonds. The van der Waals surface area contributed by atoms with Gasteiger partial charge in [0.05, 0.1) is 12.9 Å². The standard InChI is InChI=1S/C15H20FNO3S/c1-10(2)14(15(19)20-3)17-13(18)9-21-8-11-4-6-12(16)7-5-11/h4-7,10,14H,8-9H2,1-3H3,(H,17,18). The lowest BCUT2D eigenvalue weighted by Crippen LogP contribution is -2.45. The van der Waals surface area contributed by atoms with E-state index in [-0.39, 0.29) is 23.4 Å². The largest absolute Gasteiger partial charge is 0.467 e. The number of rotatable bonds is 7. The molecule has 0 aliphatic heterocycles. The predicted octanol–water partition coefficient (Wildman–Crippen LogP) is 2.37. The minimum absolute atomic E-state index is 0.0384. The van der Waals surface area contributed by atoms with Gasteiger partial charge in [-0.3, -0.25) is 4.79 Å². The van der Waals surface area contributed by atoms with Crippen LogP contribution >= 0.6 is 11.8 Å². The van der Waals surface area contributed by atoms with E-state index in [0.29, 0.717) is 5.75 Å². The van der Waals surface area contributed by atoms with Gasteiger partial charge >= 0.3 is 5.97 Å². The number of methoxy groups -OCH3 is 1. The predicted molar refractivity (Wildman–Crippen MR) is 81.3 cm³/mol. The zero-order chi connectivity index (χ0) is 15.8. The number of carbonyl (C=O) groups excluding carboxylic acids is 2. The van der Waals surface area contributed by atoms with E-state index in [9.17, 15) is 14.0 Å². The van der Waals surface area contributed by atoms with Crippen molar-refractivity contribution in [2.75, 3.05) is 12.9 Å². The highest BCUT2D eigenvalue weighted by molar-refractivity contribution is 7.99. The normalized spacial score (nSPS) is 12.0. The number of halogens is 1. The second kappa shape index (κ2) is 8.67. The maximum absolute atomic E-state index is 12.8. The van der Waals surface area contributed by atoms with E-state index in [1.807, 2.05) is 13.8 Å². The Morgan fingerprint density at radius 2 is 1.90 bits per heavy atom. The maximum atomic E-state index is 12.8. The highest BCUT2D eigenvalue weighted by atomic mass is 32.2. The van der Waals surface area contributed by atoms with Crippen LogP contribution in [0.2, 0.25) is 0 Å². The minimum Gasteiger partial charge on any atom is -0.467 e. The van der Waals surface area contributed by atoms with Crippen LogP contribution in [0.15, 0.2) is 24.3 Å². The van der Waals surface area contributed by atoms with Gasteiger partial charge in [0.1, 0.15) is 11.9 Å². The molecule has 0 saturated heterocycles. The van der Waals surface area contributed by atoms with Gasteiger partial charge in [-0.15, -0.1) is 11.8 Å². The first kappa shape index (κ1) is 17.5. The van der Waals surface area contributed by atoms with Gasteiger partial charge in [0.2, 0.25) is 5.91 Å². The number of hydrogen-bond donors (Lipinski definition) is 1. The molecular weight excluding hydrogens is 293 g/mol. The lowest BCUT2D eigenvalue weighted by Gasteiger charge is -2.19. The molecule has 1 N–H and O–H groups in total. The van der Waals surface area contributed by atoms with Crippen molar-refractivity contribution in [1.29, 1.82) is 0 Å². The fourth-order valence-electron chi connectivity index (χ4n) is 1.68. The highest BCUT2D eigenvalue weighted by Crippen LogP contribution is 2.13. The number of benzene rings is 1. The maximum Gasteiger partial charge on any atom is 0.328 e. The molecule has 21 heavy (non-hydrogen) atoms. The topological polar surface area (TPSA) is 55.4 Å². The van der Waals surface area contributed by atoms with Crippen molar-refractivity contribution >= 4 is 23.6 Å². The van der Waals surface area contributed by atoms with Crippen molar-refractivity contribution in [2.24, 2.45) is 5.92 Å². The number of nitrogens with one attached hydrogen (secondary N) is 1. The fraction of sp³-hybridized carbons (Fsp3) is 0.467. The van der Waals surface area contributed by atoms with E-state index >= 15 is 0 Å². The van der Waals surface area contributed by atoms with Gasteiger partial charge in [-0.1, -0.05) is 26.0 Å². The van der Waals surface area contributed by atoms with Crippen molar-refractivity contribution < 1.29 is 18.7 Å². The van der Waals surface area contributed by atoms with Crippen LogP contribution in [0.25, 0.3) is 0 Å². The Morgan fingerprint density at radius 1 is 1.29 bits per heavy atom. The molecule has 0 heterocycles. The molecule has 0 saturated carbocycles. The molecule has 0 radical (unpaired) electrons. The van der Waals surface area contributed by atoms with Crippen LogP contribution in [0.5, 0.6) is 0 Å². The molecule has 6 heteroatoms. The van der Waals surface area contributed by atoms with E-state index in [1.54, 1.807) is 12.1 Å². The van der Waals surface area contributed by atoms with Crippen molar-refractivity contribution in [1.82, 2.24) is 5.32 Å². The summed E-state index contributed by atoms with van der Waals surface area (Å²) >= 11 is 1.41. The van der Waals surface area contributed by atoms with E-state index in [4.69, 9.17) is 0 Å². The van der Waals surface area contributed by atoms with Gasteiger partial charge in [0.25, 0.3) is 0 Å². The smallest absolute Gasteiger partial charge is 0.328 e. The summed E-state index contributed by atoms with van der Waals surface area (Å²) in [5.74, 6) is -0.133. The lowest BCUT2D eigenvalue weighted by atomic mass is 10.1. The second-order valence-electron chi connectivity index (χ2n) is 4.93.